The van der Waals surface area contributed by atoms with Crippen molar-refractivity contribution in [3.05, 3.63) is 36.0 Å². The maximum atomic E-state index is 11.7. The Labute approximate surface area is 108 Å². The third-order valence-corrected chi connectivity index (χ3v) is 3.41. The third-order valence-electron chi connectivity index (χ3n) is 3.41. The molecule has 2 heteroatoms. The predicted molar refractivity (Wildman–Crippen MR) is 75.8 cm³/mol. The van der Waals surface area contributed by atoms with Crippen molar-refractivity contribution in [2.24, 2.45) is 0 Å². The Bertz CT molecular complexity index is 513. The molecule has 0 aliphatic rings. The number of hydrogen-bond acceptors (Lipinski definition) is 1. The summed E-state index contributed by atoms with van der Waals surface area (Å²) in [5.41, 5.74) is 2.42. The van der Waals surface area contributed by atoms with Crippen molar-refractivity contribution in [3.8, 4) is 0 Å². The molecule has 1 aromatic carbocycles. The van der Waals surface area contributed by atoms with E-state index in [1.807, 2.05) is 18.3 Å². The van der Waals surface area contributed by atoms with Crippen LogP contribution in [-0.2, 0) is 11.2 Å². The molecule has 96 valence electrons. The highest BCUT2D eigenvalue weighted by Crippen LogP contribution is 2.19. The number of aromatic nitrogens is 1. The molecule has 0 unspecified atom stereocenters. The molecule has 0 radical (unpaired) electrons. The van der Waals surface area contributed by atoms with Gasteiger partial charge in [0.05, 0.1) is 0 Å². The Morgan fingerprint density at radius 3 is 2.83 bits per heavy atom. The summed E-state index contributed by atoms with van der Waals surface area (Å²) < 4.78 is 0. The summed E-state index contributed by atoms with van der Waals surface area (Å²) in [6.45, 7) is 2.16. The number of carbonyl (C=O) groups excluding carboxylic acids is 1. The minimum atomic E-state index is 0.397. The van der Waals surface area contributed by atoms with E-state index in [1.165, 1.54) is 23.8 Å². The predicted octanol–water partition coefficient (Wildman–Crippen LogP) is 4.25. The lowest BCUT2D eigenvalue weighted by Crippen LogP contribution is -1.99. The molecule has 0 amide bonds. The molecular formula is C16H21NO. The number of nitrogens with one attached hydrogen (secondary N) is 1. The SMILES string of the molecule is CCCCCC(=O)CCc1c[nH]c2ccccc12. The van der Waals surface area contributed by atoms with Crippen molar-refractivity contribution >= 4 is 16.7 Å². The minimum Gasteiger partial charge on any atom is -0.361 e. The van der Waals surface area contributed by atoms with Gasteiger partial charge in [0, 0.05) is 29.9 Å². The van der Waals surface area contributed by atoms with Crippen LogP contribution in [0, 0.1) is 0 Å². The van der Waals surface area contributed by atoms with Crippen molar-refractivity contribution in [1.82, 2.24) is 4.98 Å². The van der Waals surface area contributed by atoms with E-state index in [2.05, 4.69) is 24.0 Å². The zero-order chi connectivity index (χ0) is 12.8. The van der Waals surface area contributed by atoms with Crippen molar-refractivity contribution in [1.29, 1.82) is 0 Å². The van der Waals surface area contributed by atoms with E-state index < -0.39 is 0 Å². The molecule has 0 saturated heterocycles. The monoisotopic (exact) mass is 243 g/mol. The number of benzene rings is 1. The average Bonchev–Trinajstić information content (AvgIpc) is 2.80. The van der Waals surface area contributed by atoms with Gasteiger partial charge in [0.25, 0.3) is 0 Å². The van der Waals surface area contributed by atoms with Gasteiger partial charge in [-0.25, -0.2) is 0 Å². The van der Waals surface area contributed by atoms with E-state index in [-0.39, 0.29) is 0 Å². The van der Waals surface area contributed by atoms with Gasteiger partial charge in [0.2, 0.25) is 0 Å². The Morgan fingerprint density at radius 1 is 1.17 bits per heavy atom. The number of hydrogen-bond donors (Lipinski definition) is 1. The van der Waals surface area contributed by atoms with Gasteiger partial charge in [-0.3, -0.25) is 4.79 Å². The fourth-order valence-electron chi connectivity index (χ4n) is 2.31. The zero-order valence-electron chi connectivity index (χ0n) is 11.0. The molecule has 2 rings (SSSR count). The van der Waals surface area contributed by atoms with Gasteiger partial charge in [0.1, 0.15) is 5.78 Å². The number of ketones is 1. The molecule has 0 fully saturated rings. The maximum absolute atomic E-state index is 11.7. The number of para-hydroxylation sites is 1. The summed E-state index contributed by atoms with van der Waals surface area (Å²) in [4.78, 5) is 15.0. The van der Waals surface area contributed by atoms with E-state index in [4.69, 9.17) is 0 Å². The average molecular weight is 243 g/mol. The van der Waals surface area contributed by atoms with Crippen LogP contribution >= 0.6 is 0 Å². The number of aromatic amines is 1. The second kappa shape index (κ2) is 6.39. The molecule has 1 aromatic heterocycles. The Balaban J connectivity index is 1.88. The molecule has 0 spiro atoms. The highest BCUT2D eigenvalue weighted by molar-refractivity contribution is 5.84. The first-order valence-corrected chi connectivity index (χ1v) is 6.88. The van der Waals surface area contributed by atoms with Crippen molar-refractivity contribution in [2.75, 3.05) is 0 Å². The van der Waals surface area contributed by atoms with Crippen molar-refractivity contribution in [3.63, 3.8) is 0 Å². The van der Waals surface area contributed by atoms with Crippen LogP contribution in [0.15, 0.2) is 30.5 Å². The second-order valence-corrected chi connectivity index (χ2v) is 4.86. The van der Waals surface area contributed by atoms with E-state index in [0.717, 1.165) is 24.8 Å². The summed E-state index contributed by atoms with van der Waals surface area (Å²) in [5, 5.41) is 1.25. The van der Waals surface area contributed by atoms with Crippen LogP contribution in [0.5, 0.6) is 0 Å². The number of rotatable bonds is 7. The second-order valence-electron chi connectivity index (χ2n) is 4.86. The fourth-order valence-corrected chi connectivity index (χ4v) is 2.31. The molecule has 18 heavy (non-hydrogen) atoms. The molecule has 0 saturated carbocycles. The van der Waals surface area contributed by atoms with Crippen LogP contribution in [0.3, 0.4) is 0 Å². The lowest BCUT2D eigenvalue weighted by Gasteiger charge is -2.00. The highest BCUT2D eigenvalue weighted by Gasteiger charge is 2.06. The molecule has 2 nitrogen and oxygen atoms in total. The first-order chi connectivity index (χ1) is 8.81. The summed E-state index contributed by atoms with van der Waals surface area (Å²) in [7, 11) is 0. The van der Waals surface area contributed by atoms with E-state index in [1.54, 1.807) is 0 Å². The lowest BCUT2D eigenvalue weighted by atomic mass is 10.0. The summed E-state index contributed by atoms with van der Waals surface area (Å²) in [6, 6.07) is 8.26. The number of unbranched alkanes of at least 4 members (excludes halogenated alkanes) is 2. The van der Waals surface area contributed by atoms with Gasteiger partial charge in [0.15, 0.2) is 0 Å². The minimum absolute atomic E-state index is 0.397. The Morgan fingerprint density at radius 2 is 2.00 bits per heavy atom. The van der Waals surface area contributed by atoms with E-state index in [9.17, 15) is 4.79 Å². The molecule has 1 N–H and O–H groups in total. The van der Waals surface area contributed by atoms with Gasteiger partial charge in [-0.15, -0.1) is 0 Å². The lowest BCUT2D eigenvalue weighted by molar-refractivity contribution is -0.119. The van der Waals surface area contributed by atoms with Crippen LogP contribution in [-0.4, -0.2) is 10.8 Å². The van der Waals surface area contributed by atoms with E-state index in [0.29, 0.717) is 12.2 Å². The van der Waals surface area contributed by atoms with Crippen LogP contribution in [0.4, 0.5) is 0 Å². The number of carbonyl (C=O) groups is 1. The quantitative estimate of drug-likeness (QED) is 0.724. The molecule has 0 atom stereocenters. The van der Waals surface area contributed by atoms with Gasteiger partial charge in [-0.2, -0.15) is 0 Å². The Kier molecular flexibility index (Phi) is 4.57. The number of aryl methyl sites for hydroxylation is 1. The maximum Gasteiger partial charge on any atom is 0.133 e. The van der Waals surface area contributed by atoms with Crippen molar-refractivity contribution in [2.45, 2.75) is 45.4 Å². The number of fused-ring (bicyclic) bond motifs is 1. The Hall–Kier alpha value is -1.57. The third kappa shape index (κ3) is 3.22. The summed E-state index contributed by atoms with van der Waals surface area (Å²) in [6.07, 6.45) is 7.69. The molecular weight excluding hydrogens is 222 g/mol. The largest absolute Gasteiger partial charge is 0.361 e. The molecule has 2 aromatic rings. The molecule has 0 aliphatic carbocycles. The smallest absolute Gasteiger partial charge is 0.133 e. The molecule has 0 bridgehead atoms. The molecule has 1 heterocycles. The number of Topliss-reactive ketones (excluding diaryl/α,β-unsaturated/α-hetero) is 1. The summed E-state index contributed by atoms with van der Waals surface area (Å²) >= 11 is 0. The van der Waals surface area contributed by atoms with Crippen LogP contribution < -0.4 is 0 Å². The van der Waals surface area contributed by atoms with Crippen molar-refractivity contribution < 1.29 is 4.79 Å². The van der Waals surface area contributed by atoms with Gasteiger partial charge in [-0.05, 0) is 24.5 Å². The van der Waals surface area contributed by atoms with Crippen LogP contribution in [0.2, 0.25) is 0 Å². The normalized spacial score (nSPS) is 10.9. The standard InChI is InChI=1S/C16H21NO/c1-2-3-4-7-14(18)11-10-13-12-17-16-9-6-5-8-15(13)16/h5-6,8-9,12,17H,2-4,7,10-11H2,1H3. The van der Waals surface area contributed by atoms with Crippen LogP contribution in [0.25, 0.3) is 10.9 Å². The van der Waals surface area contributed by atoms with Crippen LogP contribution in [0.1, 0.15) is 44.6 Å². The van der Waals surface area contributed by atoms with Gasteiger partial charge in [-0.1, -0.05) is 38.0 Å². The molecule has 0 aliphatic heterocycles. The first kappa shape index (κ1) is 12.9. The van der Waals surface area contributed by atoms with Gasteiger partial charge < -0.3 is 4.98 Å². The number of H-pyrrole nitrogens is 1. The highest BCUT2D eigenvalue weighted by atomic mass is 16.1. The zero-order valence-corrected chi connectivity index (χ0v) is 11.0. The fraction of sp³-hybridized carbons (Fsp3) is 0.438. The topological polar surface area (TPSA) is 32.9 Å². The van der Waals surface area contributed by atoms with E-state index >= 15 is 0 Å². The first-order valence-electron chi connectivity index (χ1n) is 6.88. The van der Waals surface area contributed by atoms with Gasteiger partial charge >= 0.3 is 0 Å². The summed E-state index contributed by atoms with van der Waals surface area (Å²) in [5.74, 6) is 0.397.